The van der Waals surface area contributed by atoms with Gasteiger partial charge in [0.15, 0.2) is 0 Å². The Kier molecular flexibility index (Phi) is 8.31. The molecule has 184 valence electrons. The zero-order chi connectivity index (χ0) is 24.4. The van der Waals surface area contributed by atoms with Gasteiger partial charge in [0.1, 0.15) is 6.29 Å². The molecule has 0 aromatic rings. The third-order valence-corrected chi connectivity index (χ3v) is 9.38. The molecular formula is C31H48O2. The number of hydrogen-bond donors (Lipinski definition) is 0. The van der Waals surface area contributed by atoms with Crippen molar-refractivity contribution in [2.75, 3.05) is 7.11 Å². The molecule has 0 aliphatic heterocycles. The Morgan fingerprint density at radius 3 is 2.58 bits per heavy atom. The van der Waals surface area contributed by atoms with E-state index in [1.165, 1.54) is 56.1 Å². The molecule has 2 heteroatoms. The predicted octanol–water partition coefficient (Wildman–Crippen LogP) is 8.11. The smallest absolute Gasteiger partial charge is 0.128 e. The van der Waals surface area contributed by atoms with Crippen LogP contribution < -0.4 is 0 Å². The molecule has 7 atom stereocenters. The second-order valence-corrected chi connectivity index (χ2v) is 12.3. The first-order chi connectivity index (χ1) is 15.5. The molecule has 3 rings (SSSR count). The number of fused-ring (bicyclic) bond motifs is 1. The maximum atomic E-state index is 11.5. The van der Waals surface area contributed by atoms with Crippen LogP contribution >= 0.6 is 0 Å². The summed E-state index contributed by atoms with van der Waals surface area (Å²) in [6, 6.07) is 0. The van der Waals surface area contributed by atoms with Crippen molar-refractivity contribution < 1.29 is 9.53 Å². The maximum Gasteiger partial charge on any atom is 0.128 e. The van der Waals surface area contributed by atoms with Gasteiger partial charge in [0.05, 0.1) is 11.5 Å². The Labute approximate surface area is 203 Å². The van der Waals surface area contributed by atoms with E-state index in [0.29, 0.717) is 29.1 Å². The summed E-state index contributed by atoms with van der Waals surface area (Å²) >= 11 is 0. The molecule has 3 aliphatic carbocycles. The number of ether oxygens (including phenoxy) is 1. The van der Waals surface area contributed by atoms with Gasteiger partial charge >= 0.3 is 0 Å². The van der Waals surface area contributed by atoms with Crippen molar-refractivity contribution >= 4 is 6.29 Å². The lowest BCUT2D eigenvalue weighted by molar-refractivity contribution is -0.119. The molecule has 3 saturated carbocycles. The number of methoxy groups -OCH3 is 1. The van der Waals surface area contributed by atoms with Crippen molar-refractivity contribution in [3.05, 3.63) is 47.6 Å². The Morgan fingerprint density at radius 1 is 1.18 bits per heavy atom. The monoisotopic (exact) mass is 452 g/mol. The molecule has 0 amide bonds. The van der Waals surface area contributed by atoms with E-state index in [2.05, 4.69) is 58.6 Å². The summed E-state index contributed by atoms with van der Waals surface area (Å²) in [5, 5.41) is 0. The Hall–Kier alpha value is -1.41. The highest BCUT2D eigenvalue weighted by Gasteiger charge is 2.50. The van der Waals surface area contributed by atoms with Crippen LogP contribution in [0.4, 0.5) is 0 Å². The summed E-state index contributed by atoms with van der Waals surface area (Å²) in [6.45, 7) is 17.9. The van der Waals surface area contributed by atoms with Crippen LogP contribution in [0.1, 0.15) is 86.5 Å². The van der Waals surface area contributed by atoms with Crippen molar-refractivity contribution in [1.29, 1.82) is 0 Å². The zero-order valence-corrected chi connectivity index (χ0v) is 22.3. The van der Waals surface area contributed by atoms with Crippen LogP contribution in [0.2, 0.25) is 0 Å². The summed E-state index contributed by atoms with van der Waals surface area (Å²) in [7, 11) is 1.70. The molecule has 0 heterocycles. The van der Waals surface area contributed by atoms with Crippen LogP contribution in [0, 0.1) is 40.4 Å². The Morgan fingerprint density at radius 2 is 1.91 bits per heavy atom. The molecular weight excluding hydrogens is 404 g/mol. The molecule has 0 aromatic carbocycles. The van der Waals surface area contributed by atoms with E-state index in [9.17, 15) is 4.79 Å². The fourth-order valence-electron chi connectivity index (χ4n) is 7.29. The molecule has 3 fully saturated rings. The summed E-state index contributed by atoms with van der Waals surface area (Å²) in [4.78, 5) is 11.5. The number of carbonyl (C=O) groups is 1. The SMILES string of the molecule is C=C1/C(=C/C=C2\CCCC3(C)C2CCC3C(C)/C=C/C(OC)C(C)(C)C=O)CC(C)CC1C. The quantitative estimate of drug-likeness (QED) is 0.288. The zero-order valence-electron chi connectivity index (χ0n) is 22.3. The van der Waals surface area contributed by atoms with Crippen molar-refractivity contribution in [1.82, 2.24) is 0 Å². The second kappa shape index (κ2) is 10.5. The van der Waals surface area contributed by atoms with Crippen molar-refractivity contribution in [3.8, 4) is 0 Å². The van der Waals surface area contributed by atoms with E-state index in [4.69, 9.17) is 4.74 Å². The van der Waals surface area contributed by atoms with Gasteiger partial charge < -0.3 is 9.53 Å². The molecule has 0 saturated heterocycles. The van der Waals surface area contributed by atoms with Crippen molar-refractivity contribution in [2.24, 2.45) is 40.4 Å². The highest BCUT2D eigenvalue weighted by atomic mass is 16.5. The largest absolute Gasteiger partial charge is 0.376 e. The second-order valence-electron chi connectivity index (χ2n) is 12.3. The van der Waals surface area contributed by atoms with Gasteiger partial charge in [-0.05, 0) is 91.1 Å². The van der Waals surface area contributed by atoms with Gasteiger partial charge in [-0.25, -0.2) is 0 Å². The third kappa shape index (κ3) is 5.47. The number of hydrogen-bond acceptors (Lipinski definition) is 2. The number of allylic oxidation sites excluding steroid dienone is 6. The minimum absolute atomic E-state index is 0.177. The highest BCUT2D eigenvalue weighted by molar-refractivity contribution is 5.59. The van der Waals surface area contributed by atoms with Gasteiger partial charge in [0, 0.05) is 7.11 Å². The van der Waals surface area contributed by atoms with Gasteiger partial charge in [-0.2, -0.15) is 0 Å². The van der Waals surface area contributed by atoms with Crippen LogP contribution in [-0.2, 0) is 9.53 Å². The molecule has 0 radical (unpaired) electrons. The number of aldehydes is 1. The first kappa shape index (κ1) is 26.2. The lowest BCUT2D eigenvalue weighted by atomic mass is 9.61. The van der Waals surface area contributed by atoms with Crippen LogP contribution in [0.15, 0.2) is 47.6 Å². The number of carbonyl (C=O) groups excluding carboxylic acids is 1. The van der Waals surface area contributed by atoms with Crippen LogP contribution in [0.3, 0.4) is 0 Å². The first-order valence-corrected chi connectivity index (χ1v) is 13.3. The van der Waals surface area contributed by atoms with Gasteiger partial charge in [0.2, 0.25) is 0 Å². The topological polar surface area (TPSA) is 26.3 Å². The van der Waals surface area contributed by atoms with E-state index < -0.39 is 5.41 Å². The van der Waals surface area contributed by atoms with Gasteiger partial charge in [0.25, 0.3) is 0 Å². The van der Waals surface area contributed by atoms with E-state index in [0.717, 1.165) is 12.2 Å². The normalized spacial score (nSPS) is 37.5. The summed E-state index contributed by atoms with van der Waals surface area (Å²) in [5.74, 6) is 3.23. The van der Waals surface area contributed by atoms with Crippen molar-refractivity contribution in [3.63, 3.8) is 0 Å². The van der Waals surface area contributed by atoms with E-state index in [-0.39, 0.29) is 6.10 Å². The first-order valence-electron chi connectivity index (χ1n) is 13.3. The van der Waals surface area contributed by atoms with E-state index >= 15 is 0 Å². The van der Waals surface area contributed by atoms with Gasteiger partial charge in [-0.1, -0.05) is 78.0 Å². The lowest BCUT2D eigenvalue weighted by Gasteiger charge is -2.44. The maximum absolute atomic E-state index is 11.5. The van der Waals surface area contributed by atoms with Crippen LogP contribution in [0.5, 0.6) is 0 Å². The molecule has 0 aromatic heterocycles. The summed E-state index contributed by atoms with van der Waals surface area (Å²) < 4.78 is 5.64. The van der Waals surface area contributed by atoms with Crippen LogP contribution in [-0.4, -0.2) is 19.5 Å². The standard InChI is InChI=1S/C31H48O2/c1-21-18-23(3)24(4)26(19-21)13-12-25-10-9-17-31(7)27(14-15-28(25)31)22(2)11-16-29(33-8)30(5,6)20-32/h11-13,16,20-23,27-29H,4,9-10,14-15,17-19H2,1-3,5-8H3/b16-11+,25-12+,26-13+. The fraction of sp³-hybridized carbons (Fsp3) is 0.710. The molecule has 0 bridgehead atoms. The molecule has 0 N–H and O–H groups in total. The third-order valence-electron chi connectivity index (χ3n) is 9.38. The summed E-state index contributed by atoms with van der Waals surface area (Å²) in [5.41, 5.74) is 4.37. The Bertz CT molecular complexity index is 813. The minimum atomic E-state index is -0.501. The highest BCUT2D eigenvalue weighted by Crippen LogP contribution is 2.59. The average Bonchev–Trinajstić information content (AvgIpc) is 3.12. The fourth-order valence-corrected chi connectivity index (χ4v) is 7.29. The molecule has 7 unspecified atom stereocenters. The van der Waals surface area contributed by atoms with Crippen molar-refractivity contribution in [2.45, 2.75) is 92.6 Å². The van der Waals surface area contributed by atoms with E-state index in [1.54, 1.807) is 12.7 Å². The van der Waals surface area contributed by atoms with E-state index in [1.807, 2.05) is 13.8 Å². The summed E-state index contributed by atoms with van der Waals surface area (Å²) in [6.07, 6.45) is 19.1. The molecule has 2 nitrogen and oxygen atoms in total. The number of rotatable bonds is 7. The van der Waals surface area contributed by atoms with Crippen LogP contribution in [0.25, 0.3) is 0 Å². The average molecular weight is 453 g/mol. The lowest BCUT2D eigenvalue weighted by Crippen LogP contribution is -2.36. The predicted molar refractivity (Wildman–Crippen MR) is 140 cm³/mol. The Balaban J connectivity index is 1.77. The van der Waals surface area contributed by atoms with Gasteiger partial charge in [-0.3, -0.25) is 0 Å². The molecule has 33 heavy (non-hydrogen) atoms. The molecule has 3 aliphatic rings. The van der Waals surface area contributed by atoms with Gasteiger partial charge in [-0.15, -0.1) is 0 Å². The molecule has 0 spiro atoms. The minimum Gasteiger partial charge on any atom is -0.376 e.